The molecule has 0 saturated carbocycles. The van der Waals surface area contributed by atoms with Gasteiger partial charge >= 0.3 is 5.97 Å². The van der Waals surface area contributed by atoms with Crippen LogP contribution in [0.1, 0.15) is 69.9 Å². The number of unbranched alkanes of at least 4 members (excludes halogenated alkanes) is 6. The minimum absolute atomic E-state index is 0.186. The zero-order valence-electron chi connectivity index (χ0n) is 21.2. The lowest BCUT2D eigenvalue weighted by atomic mass is 10.0. The second-order valence-electron chi connectivity index (χ2n) is 9.83. The van der Waals surface area contributed by atoms with Gasteiger partial charge in [0.15, 0.2) is 6.54 Å². The first-order chi connectivity index (χ1) is 15.9. The Morgan fingerprint density at radius 3 is 2.24 bits per heavy atom. The Morgan fingerprint density at radius 2 is 1.52 bits per heavy atom. The summed E-state index contributed by atoms with van der Waals surface area (Å²) in [6.45, 7) is 5.59. The molecule has 4 heteroatoms. The van der Waals surface area contributed by atoms with Gasteiger partial charge in [0.05, 0.1) is 14.1 Å². The molecule has 0 aliphatic carbocycles. The van der Waals surface area contributed by atoms with Gasteiger partial charge in [-0.25, -0.2) is 4.79 Å². The first-order valence-corrected chi connectivity index (χ1v) is 12.7. The van der Waals surface area contributed by atoms with Gasteiger partial charge in [0.2, 0.25) is 0 Å². The predicted molar refractivity (Wildman–Crippen MR) is 136 cm³/mol. The fraction of sp³-hybridized carbons (Fsp3) is 0.552. The smallest absolute Gasteiger partial charge is 0.361 e. The van der Waals surface area contributed by atoms with Crippen LogP contribution < -0.4 is 4.74 Å². The number of esters is 1. The van der Waals surface area contributed by atoms with Gasteiger partial charge in [-0.2, -0.15) is 0 Å². The molecule has 0 fully saturated rings. The SMILES string of the molecule is CCCCCCCCCc1ccccc1OC(C)COC(=O)C[N+](C)(C)Cc1ccccc1. The third kappa shape index (κ3) is 11.4. The Hall–Kier alpha value is -2.33. The Morgan fingerprint density at radius 1 is 0.879 bits per heavy atom. The van der Waals surface area contributed by atoms with Gasteiger partial charge in [-0.15, -0.1) is 0 Å². The summed E-state index contributed by atoms with van der Waals surface area (Å²) in [7, 11) is 4.10. The van der Waals surface area contributed by atoms with E-state index in [1.54, 1.807) is 0 Å². The molecule has 2 rings (SSSR count). The van der Waals surface area contributed by atoms with E-state index in [0.29, 0.717) is 11.0 Å². The molecule has 0 saturated heterocycles. The molecular weight excluding hydrogens is 410 g/mol. The number of aryl methyl sites for hydroxylation is 1. The monoisotopic (exact) mass is 454 g/mol. The zero-order chi connectivity index (χ0) is 23.9. The molecule has 0 aliphatic heterocycles. The topological polar surface area (TPSA) is 35.5 Å². The lowest BCUT2D eigenvalue weighted by molar-refractivity contribution is -0.896. The van der Waals surface area contributed by atoms with Crippen LogP contribution >= 0.6 is 0 Å². The van der Waals surface area contributed by atoms with E-state index in [0.717, 1.165) is 18.7 Å². The summed E-state index contributed by atoms with van der Waals surface area (Å²) in [5.41, 5.74) is 2.45. The van der Waals surface area contributed by atoms with Gasteiger partial charge < -0.3 is 14.0 Å². The summed E-state index contributed by atoms with van der Waals surface area (Å²) in [5.74, 6) is 0.718. The van der Waals surface area contributed by atoms with Crippen LogP contribution in [0.15, 0.2) is 54.6 Å². The van der Waals surface area contributed by atoms with E-state index < -0.39 is 0 Å². The molecule has 182 valence electrons. The van der Waals surface area contributed by atoms with Crippen molar-refractivity contribution in [1.29, 1.82) is 0 Å². The number of hydrogen-bond donors (Lipinski definition) is 0. The van der Waals surface area contributed by atoms with Crippen molar-refractivity contribution in [2.75, 3.05) is 27.2 Å². The van der Waals surface area contributed by atoms with Crippen molar-refractivity contribution in [2.24, 2.45) is 0 Å². The third-order valence-electron chi connectivity index (χ3n) is 5.84. The summed E-state index contributed by atoms with van der Waals surface area (Å²) < 4.78 is 12.3. The molecule has 2 aromatic carbocycles. The van der Waals surface area contributed by atoms with Crippen LogP contribution in [0.25, 0.3) is 0 Å². The summed E-state index contributed by atoms with van der Waals surface area (Å²) in [6.07, 6.45) is 9.95. The first-order valence-electron chi connectivity index (χ1n) is 12.7. The van der Waals surface area contributed by atoms with E-state index in [4.69, 9.17) is 9.47 Å². The number of benzene rings is 2. The molecule has 0 amide bonds. The molecule has 33 heavy (non-hydrogen) atoms. The fourth-order valence-corrected chi connectivity index (χ4v) is 4.09. The second-order valence-corrected chi connectivity index (χ2v) is 9.83. The maximum atomic E-state index is 12.4. The molecule has 2 aromatic rings. The minimum Gasteiger partial charge on any atom is -0.487 e. The molecule has 4 nitrogen and oxygen atoms in total. The Bertz CT molecular complexity index is 804. The Labute approximate surface area is 201 Å². The van der Waals surface area contributed by atoms with E-state index in [2.05, 4.69) is 31.2 Å². The van der Waals surface area contributed by atoms with E-state index in [9.17, 15) is 4.79 Å². The molecule has 0 bridgehead atoms. The van der Waals surface area contributed by atoms with Crippen LogP contribution in [0.5, 0.6) is 5.75 Å². The number of nitrogens with zero attached hydrogens (tertiary/aromatic N) is 1. The van der Waals surface area contributed by atoms with Crippen molar-refractivity contribution in [3.8, 4) is 5.75 Å². The summed E-state index contributed by atoms with van der Waals surface area (Å²) in [6, 6.07) is 18.5. The van der Waals surface area contributed by atoms with E-state index in [1.807, 2.05) is 51.4 Å². The number of carbonyl (C=O) groups excluding carboxylic acids is 1. The number of ether oxygens (including phenoxy) is 2. The lowest BCUT2D eigenvalue weighted by Crippen LogP contribution is -2.44. The molecule has 1 unspecified atom stereocenters. The Kier molecular flexibility index (Phi) is 12.0. The van der Waals surface area contributed by atoms with Gasteiger partial charge in [0.25, 0.3) is 0 Å². The average Bonchev–Trinajstić information content (AvgIpc) is 2.78. The highest BCUT2D eigenvalue weighted by Crippen LogP contribution is 2.22. The van der Waals surface area contributed by atoms with Gasteiger partial charge in [-0.05, 0) is 31.4 Å². The maximum Gasteiger partial charge on any atom is 0.361 e. The molecule has 0 N–H and O–H groups in total. The second kappa shape index (κ2) is 14.7. The highest BCUT2D eigenvalue weighted by molar-refractivity contribution is 5.70. The van der Waals surface area contributed by atoms with E-state index in [-0.39, 0.29) is 18.7 Å². The van der Waals surface area contributed by atoms with Gasteiger partial charge in [0, 0.05) is 5.56 Å². The molecule has 1 atom stereocenters. The van der Waals surface area contributed by atoms with Gasteiger partial charge in [-0.3, -0.25) is 0 Å². The highest BCUT2D eigenvalue weighted by Gasteiger charge is 2.22. The third-order valence-corrected chi connectivity index (χ3v) is 5.84. The highest BCUT2D eigenvalue weighted by atomic mass is 16.6. The van der Waals surface area contributed by atoms with Crippen LogP contribution in [-0.2, 0) is 22.5 Å². The largest absolute Gasteiger partial charge is 0.487 e. The molecule has 0 spiro atoms. The quantitative estimate of drug-likeness (QED) is 0.163. The minimum atomic E-state index is -0.192. The molecule has 0 aromatic heterocycles. The number of likely N-dealkylation sites (N-methyl/N-ethyl adjacent to an activating group) is 1. The summed E-state index contributed by atoms with van der Waals surface area (Å²) >= 11 is 0. The van der Waals surface area contributed by atoms with Crippen molar-refractivity contribution in [3.05, 3.63) is 65.7 Å². The fourth-order valence-electron chi connectivity index (χ4n) is 4.09. The zero-order valence-corrected chi connectivity index (χ0v) is 21.2. The van der Waals surface area contributed by atoms with Gasteiger partial charge in [-0.1, -0.05) is 94.0 Å². The molecular formula is C29H44NO3+. The molecule has 0 aliphatic rings. The molecule has 0 heterocycles. The van der Waals surface area contributed by atoms with Crippen LogP contribution in [0.4, 0.5) is 0 Å². The standard InChI is InChI=1S/C29H44NO3/c1-5-6-7-8-9-10-14-19-27-20-15-16-21-28(27)33-25(2)24-32-29(31)23-30(3,4)22-26-17-12-11-13-18-26/h11-13,15-18,20-21,25H,5-10,14,19,22-24H2,1-4H3/q+1. The first kappa shape index (κ1) is 26.9. The number of rotatable bonds is 16. The molecule has 0 radical (unpaired) electrons. The normalized spacial score (nSPS) is 12.4. The number of hydrogen-bond acceptors (Lipinski definition) is 3. The number of carbonyl (C=O) groups is 1. The van der Waals surface area contributed by atoms with E-state index in [1.165, 1.54) is 56.1 Å². The van der Waals surface area contributed by atoms with Crippen LogP contribution in [0, 0.1) is 0 Å². The van der Waals surface area contributed by atoms with Gasteiger partial charge in [0.1, 0.15) is 25.0 Å². The van der Waals surface area contributed by atoms with Crippen molar-refractivity contribution < 1.29 is 18.8 Å². The number of para-hydroxylation sites is 1. The van der Waals surface area contributed by atoms with Crippen molar-refractivity contribution in [3.63, 3.8) is 0 Å². The lowest BCUT2D eigenvalue weighted by Gasteiger charge is -2.29. The van der Waals surface area contributed by atoms with Crippen LogP contribution in [-0.4, -0.2) is 43.8 Å². The maximum absolute atomic E-state index is 12.4. The van der Waals surface area contributed by atoms with Crippen molar-refractivity contribution in [1.82, 2.24) is 0 Å². The number of quaternary nitrogens is 1. The van der Waals surface area contributed by atoms with Crippen molar-refractivity contribution >= 4 is 5.97 Å². The summed E-state index contributed by atoms with van der Waals surface area (Å²) in [5, 5.41) is 0. The Balaban J connectivity index is 1.73. The predicted octanol–water partition coefficient (Wildman–Crippen LogP) is 6.57. The van der Waals surface area contributed by atoms with E-state index >= 15 is 0 Å². The van der Waals surface area contributed by atoms with Crippen molar-refractivity contribution in [2.45, 2.75) is 77.9 Å². The summed E-state index contributed by atoms with van der Waals surface area (Å²) in [4.78, 5) is 12.4. The van der Waals surface area contributed by atoms with Crippen LogP contribution in [0.2, 0.25) is 0 Å². The average molecular weight is 455 g/mol. The van der Waals surface area contributed by atoms with Crippen LogP contribution in [0.3, 0.4) is 0 Å².